The van der Waals surface area contributed by atoms with Gasteiger partial charge in [-0.2, -0.15) is 0 Å². The molecule has 1 heterocycles. The summed E-state index contributed by atoms with van der Waals surface area (Å²) in [7, 11) is 0. The lowest BCUT2D eigenvalue weighted by molar-refractivity contribution is 1.18. The molecular formula is C70H46N2. The van der Waals surface area contributed by atoms with E-state index in [0.717, 1.165) is 28.3 Å². The Bertz CT molecular complexity index is 4320. The molecule has 0 N–H and O–H groups in total. The quantitative estimate of drug-likeness (QED) is 0.138. The van der Waals surface area contributed by atoms with Crippen molar-refractivity contribution < 1.29 is 0 Å². The zero-order valence-electron chi connectivity index (χ0n) is 39.5. The van der Waals surface area contributed by atoms with Crippen LogP contribution in [0.4, 0.5) is 17.1 Å². The molecule has 13 aromatic carbocycles. The topological polar surface area (TPSA) is 8.17 Å². The SMILES string of the molecule is c1ccc(-c2ccc(N(c3ccccc3)c3ccc(-c4ccc5c(c4)c4cc(-c6ccc7ccccc7c6)ccc4n5-c4ccccc4-c4ccc5c6ccccc6c6ccccc6c5c4)cc3)cc2)cc1. The Morgan fingerprint density at radius 3 is 1.26 bits per heavy atom. The van der Waals surface area contributed by atoms with Gasteiger partial charge in [0, 0.05) is 33.4 Å². The minimum Gasteiger partial charge on any atom is -0.311 e. The first kappa shape index (κ1) is 41.5. The summed E-state index contributed by atoms with van der Waals surface area (Å²) in [5.41, 5.74) is 16.3. The summed E-state index contributed by atoms with van der Waals surface area (Å²) in [4.78, 5) is 2.33. The van der Waals surface area contributed by atoms with E-state index >= 15 is 0 Å². The molecule has 2 heteroatoms. The molecule has 1 aromatic heterocycles. The summed E-state index contributed by atoms with van der Waals surface area (Å²) < 4.78 is 2.49. The van der Waals surface area contributed by atoms with E-state index < -0.39 is 0 Å². The molecule has 0 aliphatic carbocycles. The Balaban J connectivity index is 0.913. The molecule has 0 atom stereocenters. The molecule has 0 aliphatic heterocycles. The van der Waals surface area contributed by atoms with Crippen molar-refractivity contribution in [3.63, 3.8) is 0 Å². The second-order valence-electron chi connectivity index (χ2n) is 18.9. The molecule has 336 valence electrons. The van der Waals surface area contributed by atoms with Gasteiger partial charge in [0.15, 0.2) is 0 Å². The average Bonchev–Trinajstić information content (AvgIpc) is 3.79. The van der Waals surface area contributed by atoms with Crippen molar-refractivity contribution in [2.45, 2.75) is 0 Å². The number of benzene rings is 13. The van der Waals surface area contributed by atoms with Crippen molar-refractivity contribution in [2.24, 2.45) is 0 Å². The molecule has 0 radical (unpaired) electrons. The standard InChI is InChI=1S/C70H46N2/c1-3-15-47(16-4-1)49-29-36-57(37-30-49)71(56-19-5-2-6-20-56)58-38-31-50(32-39-58)53-34-41-69-66(44-53)67-45-54(52-28-27-48-17-7-8-18-51(48)43-52)35-42-70(67)72(69)68-26-14-13-21-59(68)55-33-40-64-62-24-10-9-22-60(62)61-23-11-12-25-63(61)65(64)46-55/h1-46H. The van der Waals surface area contributed by atoms with E-state index in [1.165, 1.54) is 104 Å². The summed E-state index contributed by atoms with van der Waals surface area (Å²) in [6, 6.07) is 102. The van der Waals surface area contributed by atoms with Crippen LogP contribution in [0.1, 0.15) is 0 Å². The highest BCUT2D eigenvalue weighted by Gasteiger charge is 2.20. The van der Waals surface area contributed by atoms with Crippen molar-refractivity contribution in [1.82, 2.24) is 4.57 Å². The normalized spacial score (nSPS) is 11.6. The van der Waals surface area contributed by atoms with E-state index in [1.54, 1.807) is 0 Å². The summed E-state index contributed by atoms with van der Waals surface area (Å²) in [6.45, 7) is 0. The van der Waals surface area contributed by atoms with E-state index in [4.69, 9.17) is 0 Å². The van der Waals surface area contributed by atoms with Gasteiger partial charge in [-0.1, -0.05) is 200 Å². The number of anilines is 3. The summed E-state index contributed by atoms with van der Waals surface area (Å²) in [5, 5.41) is 12.6. The lowest BCUT2D eigenvalue weighted by Gasteiger charge is -2.26. The molecule has 2 nitrogen and oxygen atoms in total. The number of nitrogens with zero attached hydrogens (tertiary/aromatic N) is 2. The van der Waals surface area contributed by atoms with E-state index in [1.807, 2.05) is 0 Å². The third-order valence-electron chi connectivity index (χ3n) is 14.8. The molecular weight excluding hydrogens is 869 g/mol. The minimum absolute atomic E-state index is 1.10. The molecule has 0 amide bonds. The van der Waals surface area contributed by atoms with Crippen LogP contribution in [-0.2, 0) is 0 Å². The van der Waals surface area contributed by atoms with Gasteiger partial charge in [-0.15, -0.1) is 0 Å². The highest BCUT2D eigenvalue weighted by Crippen LogP contribution is 2.43. The zero-order valence-corrected chi connectivity index (χ0v) is 39.5. The van der Waals surface area contributed by atoms with Crippen molar-refractivity contribution in [2.75, 3.05) is 4.90 Å². The number of para-hydroxylation sites is 2. The van der Waals surface area contributed by atoms with Crippen molar-refractivity contribution in [3.05, 3.63) is 279 Å². The Morgan fingerprint density at radius 2 is 0.625 bits per heavy atom. The molecule has 14 aromatic rings. The van der Waals surface area contributed by atoms with E-state index in [0.29, 0.717) is 0 Å². The fourth-order valence-corrected chi connectivity index (χ4v) is 11.3. The van der Waals surface area contributed by atoms with E-state index in [2.05, 4.69) is 289 Å². The van der Waals surface area contributed by atoms with Crippen molar-refractivity contribution in [1.29, 1.82) is 0 Å². The maximum absolute atomic E-state index is 2.49. The number of hydrogen-bond acceptors (Lipinski definition) is 1. The fraction of sp³-hybridized carbons (Fsp3) is 0. The van der Waals surface area contributed by atoms with Crippen LogP contribution >= 0.6 is 0 Å². The van der Waals surface area contributed by atoms with Gasteiger partial charge in [-0.25, -0.2) is 0 Å². The molecule has 0 saturated carbocycles. The fourth-order valence-electron chi connectivity index (χ4n) is 11.3. The van der Waals surface area contributed by atoms with Crippen LogP contribution in [0.5, 0.6) is 0 Å². The molecule has 0 unspecified atom stereocenters. The second-order valence-corrected chi connectivity index (χ2v) is 18.9. The number of aromatic nitrogens is 1. The highest BCUT2D eigenvalue weighted by molar-refractivity contribution is 6.26. The minimum atomic E-state index is 1.10. The van der Waals surface area contributed by atoms with E-state index in [9.17, 15) is 0 Å². The highest BCUT2D eigenvalue weighted by atomic mass is 15.1. The number of rotatable bonds is 8. The average molecular weight is 915 g/mol. The van der Waals surface area contributed by atoms with Gasteiger partial charge in [-0.3, -0.25) is 0 Å². The van der Waals surface area contributed by atoms with Gasteiger partial charge in [0.1, 0.15) is 0 Å². The van der Waals surface area contributed by atoms with Crippen LogP contribution in [0.2, 0.25) is 0 Å². The Labute approximate surface area is 418 Å². The third kappa shape index (κ3) is 7.03. The van der Waals surface area contributed by atoms with Crippen LogP contribution in [0.25, 0.3) is 115 Å². The van der Waals surface area contributed by atoms with E-state index in [-0.39, 0.29) is 0 Å². The summed E-state index contributed by atoms with van der Waals surface area (Å²) >= 11 is 0. The largest absolute Gasteiger partial charge is 0.311 e. The molecule has 72 heavy (non-hydrogen) atoms. The van der Waals surface area contributed by atoms with Gasteiger partial charge < -0.3 is 9.47 Å². The predicted molar refractivity (Wildman–Crippen MR) is 307 cm³/mol. The summed E-state index contributed by atoms with van der Waals surface area (Å²) in [5.74, 6) is 0. The molecule has 0 aliphatic rings. The molecule has 0 saturated heterocycles. The molecule has 0 spiro atoms. The Hall–Kier alpha value is -9.50. The first-order valence-corrected chi connectivity index (χ1v) is 24.8. The number of fused-ring (bicyclic) bond motifs is 10. The van der Waals surface area contributed by atoms with Crippen LogP contribution in [0.3, 0.4) is 0 Å². The molecule has 0 fully saturated rings. The lowest BCUT2D eigenvalue weighted by atomic mass is 9.92. The first-order chi connectivity index (χ1) is 35.7. The molecule has 0 bridgehead atoms. The smallest absolute Gasteiger partial charge is 0.0541 e. The number of hydrogen-bond donors (Lipinski definition) is 0. The van der Waals surface area contributed by atoms with Crippen molar-refractivity contribution >= 4 is 82.0 Å². The van der Waals surface area contributed by atoms with Crippen LogP contribution in [-0.4, -0.2) is 4.57 Å². The predicted octanol–water partition coefficient (Wildman–Crippen LogP) is 19.5. The maximum Gasteiger partial charge on any atom is 0.0541 e. The Kier molecular flexibility index (Phi) is 9.89. The van der Waals surface area contributed by atoms with Gasteiger partial charge in [0.25, 0.3) is 0 Å². The second kappa shape index (κ2) is 17.2. The van der Waals surface area contributed by atoms with Crippen molar-refractivity contribution in [3.8, 4) is 50.2 Å². The zero-order chi connectivity index (χ0) is 47.5. The van der Waals surface area contributed by atoms with Gasteiger partial charge in [0.2, 0.25) is 0 Å². The van der Waals surface area contributed by atoms with Gasteiger partial charge in [0.05, 0.1) is 16.7 Å². The monoisotopic (exact) mass is 914 g/mol. The van der Waals surface area contributed by atoms with Crippen LogP contribution in [0.15, 0.2) is 279 Å². The summed E-state index contributed by atoms with van der Waals surface area (Å²) in [6.07, 6.45) is 0. The molecule has 14 rings (SSSR count). The lowest BCUT2D eigenvalue weighted by Crippen LogP contribution is -2.09. The van der Waals surface area contributed by atoms with Gasteiger partial charge >= 0.3 is 0 Å². The van der Waals surface area contributed by atoms with Crippen LogP contribution < -0.4 is 4.90 Å². The van der Waals surface area contributed by atoms with Crippen LogP contribution in [0, 0.1) is 0 Å². The third-order valence-corrected chi connectivity index (χ3v) is 14.8. The Morgan fingerprint density at radius 1 is 0.222 bits per heavy atom. The maximum atomic E-state index is 2.49. The van der Waals surface area contributed by atoms with Gasteiger partial charge in [-0.05, 0) is 161 Å². The first-order valence-electron chi connectivity index (χ1n) is 24.8.